The van der Waals surface area contributed by atoms with Crippen molar-refractivity contribution in [3.05, 3.63) is 40.9 Å². The van der Waals surface area contributed by atoms with Crippen LogP contribution in [0.4, 0.5) is 0 Å². The molecule has 0 aliphatic carbocycles. The molecule has 0 spiro atoms. The standard InChI is InChI=1S/C18H17NO4S2/c1-8-14-13(9(2)20)17(21)19(14)15(18(22)23)16(8)25-12-7-10-5-3-4-6-11(10)24-12/h3-9,13-14,20H,1-2H3,(H,22,23)/p-1/t8-,9-,13-,14-/m1/s1. The molecule has 3 heterocycles. The van der Waals surface area contributed by atoms with Crippen LogP contribution in [0.2, 0.25) is 0 Å². The average Bonchev–Trinajstić information content (AvgIpc) is 3.05. The fourth-order valence-electron chi connectivity index (χ4n) is 3.76. The highest BCUT2D eigenvalue weighted by Gasteiger charge is 2.58. The van der Waals surface area contributed by atoms with Gasteiger partial charge in [-0.25, -0.2) is 0 Å². The van der Waals surface area contributed by atoms with Gasteiger partial charge < -0.3 is 19.9 Å². The molecule has 1 aromatic heterocycles. The van der Waals surface area contributed by atoms with Crippen molar-refractivity contribution in [1.29, 1.82) is 0 Å². The molecule has 1 N–H and O–H groups in total. The molecule has 1 saturated heterocycles. The van der Waals surface area contributed by atoms with E-state index in [9.17, 15) is 19.8 Å². The lowest BCUT2D eigenvalue weighted by Crippen LogP contribution is -2.64. The van der Waals surface area contributed by atoms with Gasteiger partial charge in [-0.15, -0.1) is 11.3 Å². The van der Waals surface area contributed by atoms with Crippen molar-refractivity contribution in [2.24, 2.45) is 11.8 Å². The van der Waals surface area contributed by atoms with Crippen LogP contribution < -0.4 is 5.11 Å². The van der Waals surface area contributed by atoms with Gasteiger partial charge in [-0.05, 0) is 24.4 Å². The second-order valence-corrected chi connectivity index (χ2v) is 8.89. The molecule has 4 atom stereocenters. The normalized spacial score (nSPS) is 26.8. The molecule has 130 valence electrons. The van der Waals surface area contributed by atoms with E-state index in [2.05, 4.69) is 0 Å². The van der Waals surface area contributed by atoms with Crippen molar-refractivity contribution in [3.63, 3.8) is 0 Å². The highest BCUT2D eigenvalue weighted by Crippen LogP contribution is 2.52. The summed E-state index contributed by atoms with van der Waals surface area (Å²) in [5, 5.41) is 22.7. The summed E-state index contributed by atoms with van der Waals surface area (Å²) in [5.74, 6) is -2.38. The van der Waals surface area contributed by atoms with Gasteiger partial charge in [-0.2, -0.15) is 0 Å². The summed E-state index contributed by atoms with van der Waals surface area (Å²) in [7, 11) is 0. The van der Waals surface area contributed by atoms with Crippen LogP contribution in [0.15, 0.2) is 45.1 Å². The molecule has 1 fully saturated rings. The zero-order valence-corrected chi connectivity index (χ0v) is 15.3. The van der Waals surface area contributed by atoms with E-state index in [-0.39, 0.29) is 23.6 Å². The molecule has 4 rings (SSSR count). The third-order valence-corrected chi connectivity index (χ3v) is 7.43. The topological polar surface area (TPSA) is 80.7 Å². The summed E-state index contributed by atoms with van der Waals surface area (Å²) in [5.41, 5.74) is -0.0399. The molecular formula is C18H16NO4S2-. The summed E-state index contributed by atoms with van der Waals surface area (Å²) in [6.45, 7) is 3.48. The zero-order chi connectivity index (χ0) is 17.9. The first-order valence-electron chi connectivity index (χ1n) is 8.03. The van der Waals surface area contributed by atoms with Crippen LogP contribution in [0.25, 0.3) is 10.1 Å². The molecule has 7 heteroatoms. The Balaban J connectivity index is 1.72. The maximum atomic E-state index is 12.3. The molecule has 5 nitrogen and oxygen atoms in total. The Morgan fingerprint density at radius 2 is 2.12 bits per heavy atom. The van der Waals surface area contributed by atoms with Crippen LogP contribution in [0.5, 0.6) is 0 Å². The Hall–Kier alpha value is -1.83. The Morgan fingerprint density at radius 3 is 2.76 bits per heavy atom. The first-order valence-corrected chi connectivity index (χ1v) is 9.66. The summed E-state index contributed by atoms with van der Waals surface area (Å²) >= 11 is 2.98. The number of amides is 1. The molecular weight excluding hydrogens is 358 g/mol. The van der Waals surface area contributed by atoms with Crippen molar-refractivity contribution in [2.75, 3.05) is 0 Å². The number of aliphatic carboxylic acids is 1. The van der Waals surface area contributed by atoms with Gasteiger partial charge in [-0.3, -0.25) is 4.79 Å². The van der Waals surface area contributed by atoms with E-state index in [4.69, 9.17) is 0 Å². The number of thiophene rings is 1. The number of carbonyl (C=O) groups is 2. The SMILES string of the molecule is C[C@@H](O)[C@H]1C(=O)N2C(C(=O)[O-])=C(Sc3cc4ccccc4s3)[C@H](C)[C@H]12. The number of benzene rings is 1. The number of carbonyl (C=O) groups excluding carboxylic acids is 2. The smallest absolute Gasteiger partial charge is 0.235 e. The van der Waals surface area contributed by atoms with Crippen LogP contribution in [0.1, 0.15) is 13.8 Å². The predicted octanol–water partition coefficient (Wildman–Crippen LogP) is 1.81. The Bertz CT molecular complexity index is 884. The van der Waals surface area contributed by atoms with Gasteiger partial charge in [0.1, 0.15) is 0 Å². The van der Waals surface area contributed by atoms with Crippen molar-refractivity contribution < 1.29 is 19.8 Å². The van der Waals surface area contributed by atoms with E-state index in [0.29, 0.717) is 4.91 Å². The number of thioether (sulfide) groups is 1. The van der Waals surface area contributed by atoms with E-state index in [0.717, 1.165) is 14.3 Å². The molecule has 25 heavy (non-hydrogen) atoms. The minimum absolute atomic E-state index is 0.0399. The second-order valence-electron chi connectivity index (χ2n) is 6.46. The third kappa shape index (κ3) is 2.41. The molecule has 2 aliphatic heterocycles. The van der Waals surface area contributed by atoms with E-state index in [1.54, 1.807) is 18.3 Å². The predicted molar refractivity (Wildman–Crippen MR) is 94.7 cm³/mol. The number of rotatable bonds is 4. The minimum atomic E-state index is -1.34. The van der Waals surface area contributed by atoms with E-state index in [1.165, 1.54) is 16.7 Å². The maximum absolute atomic E-state index is 12.3. The number of aliphatic hydroxyl groups is 1. The number of aliphatic hydroxyl groups excluding tert-OH is 1. The number of carboxylic acid groups (broad SMARTS) is 1. The van der Waals surface area contributed by atoms with Gasteiger partial charge in [0.15, 0.2) is 0 Å². The van der Waals surface area contributed by atoms with Gasteiger partial charge in [0, 0.05) is 15.5 Å². The summed E-state index contributed by atoms with van der Waals surface area (Å²) in [6.07, 6.45) is -0.798. The van der Waals surface area contributed by atoms with Gasteiger partial charge in [0.25, 0.3) is 0 Å². The molecule has 0 unspecified atom stereocenters. The quantitative estimate of drug-likeness (QED) is 0.826. The highest BCUT2D eigenvalue weighted by atomic mass is 32.2. The fourth-order valence-corrected chi connectivity index (χ4v) is 6.27. The number of carboxylic acids is 1. The van der Waals surface area contributed by atoms with E-state index >= 15 is 0 Å². The number of nitrogens with zero attached hydrogens (tertiary/aromatic N) is 1. The molecule has 0 saturated carbocycles. The highest BCUT2D eigenvalue weighted by molar-refractivity contribution is 8.05. The number of hydrogen-bond donors (Lipinski definition) is 1. The van der Waals surface area contributed by atoms with Crippen molar-refractivity contribution >= 4 is 45.1 Å². The second kappa shape index (κ2) is 5.86. The van der Waals surface area contributed by atoms with Gasteiger partial charge in [0.2, 0.25) is 5.91 Å². The molecule has 1 amide bonds. The van der Waals surface area contributed by atoms with Crippen LogP contribution >= 0.6 is 23.1 Å². The summed E-state index contributed by atoms with van der Waals surface area (Å²) in [6, 6.07) is 9.69. The first kappa shape index (κ1) is 16.6. The van der Waals surface area contributed by atoms with Crippen LogP contribution in [-0.2, 0) is 9.59 Å². The first-order chi connectivity index (χ1) is 11.9. The lowest BCUT2D eigenvalue weighted by molar-refractivity contribution is -0.301. The molecule has 1 aromatic carbocycles. The molecule has 2 aromatic rings. The van der Waals surface area contributed by atoms with Crippen LogP contribution in [0, 0.1) is 11.8 Å². The van der Waals surface area contributed by atoms with Crippen LogP contribution in [0.3, 0.4) is 0 Å². The fraction of sp³-hybridized carbons (Fsp3) is 0.333. The molecule has 0 radical (unpaired) electrons. The monoisotopic (exact) mass is 374 g/mol. The maximum Gasteiger partial charge on any atom is 0.235 e. The summed E-state index contributed by atoms with van der Waals surface area (Å²) in [4.78, 5) is 25.9. The summed E-state index contributed by atoms with van der Waals surface area (Å²) < 4.78 is 2.11. The minimum Gasteiger partial charge on any atom is -0.543 e. The third-order valence-electron chi connectivity index (χ3n) is 4.92. The lowest BCUT2D eigenvalue weighted by atomic mass is 9.79. The van der Waals surface area contributed by atoms with E-state index in [1.807, 2.05) is 37.3 Å². The van der Waals surface area contributed by atoms with Crippen LogP contribution in [-0.4, -0.2) is 34.0 Å². The Morgan fingerprint density at radius 1 is 1.40 bits per heavy atom. The lowest BCUT2D eigenvalue weighted by Gasteiger charge is -2.47. The zero-order valence-electron chi connectivity index (χ0n) is 13.6. The van der Waals surface area contributed by atoms with Crippen molar-refractivity contribution in [2.45, 2.75) is 30.2 Å². The molecule has 2 aliphatic rings. The van der Waals surface area contributed by atoms with Gasteiger partial charge in [-0.1, -0.05) is 36.9 Å². The van der Waals surface area contributed by atoms with Crippen molar-refractivity contribution in [3.8, 4) is 0 Å². The average molecular weight is 374 g/mol. The number of hydrogen-bond acceptors (Lipinski definition) is 6. The van der Waals surface area contributed by atoms with Gasteiger partial charge >= 0.3 is 0 Å². The largest absolute Gasteiger partial charge is 0.543 e. The Kier molecular flexibility index (Phi) is 3.90. The molecule has 0 bridgehead atoms. The van der Waals surface area contributed by atoms with Gasteiger partial charge in [0.05, 0.1) is 33.9 Å². The Labute approximate surface area is 152 Å². The van der Waals surface area contributed by atoms with E-state index < -0.39 is 18.0 Å². The number of β-lactam (4-membered cyclic amide) rings is 1. The number of fused-ring (bicyclic) bond motifs is 2. The van der Waals surface area contributed by atoms with Crippen molar-refractivity contribution in [1.82, 2.24) is 4.90 Å².